The van der Waals surface area contributed by atoms with E-state index in [0.717, 1.165) is 12.8 Å². The second-order valence-corrected chi connectivity index (χ2v) is 7.78. The average Bonchev–Trinajstić information content (AvgIpc) is 2.47. The van der Waals surface area contributed by atoms with Gasteiger partial charge in [-0.05, 0) is 49.9 Å². The minimum absolute atomic E-state index is 0.0266. The van der Waals surface area contributed by atoms with Gasteiger partial charge in [0.05, 0.1) is 4.90 Å². The maximum atomic E-state index is 12.8. The number of nitrogens with zero attached hydrogens (tertiary/aromatic N) is 1. The summed E-state index contributed by atoms with van der Waals surface area (Å²) in [5.74, 6) is -0.380. The van der Waals surface area contributed by atoms with Crippen LogP contribution in [-0.4, -0.2) is 44.3 Å². The van der Waals surface area contributed by atoms with Crippen LogP contribution in [0.3, 0.4) is 0 Å². The molecule has 1 aliphatic rings. The Morgan fingerprint density at radius 2 is 1.96 bits per heavy atom. The first-order valence-electron chi connectivity index (χ1n) is 7.80. The zero-order valence-electron chi connectivity index (χ0n) is 14.1. The summed E-state index contributed by atoms with van der Waals surface area (Å²) in [7, 11) is -3.90. The van der Waals surface area contributed by atoms with Crippen LogP contribution in [0, 0.1) is 13.8 Å². The van der Waals surface area contributed by atoms with Crippen molar-refractivity contribution in [1.82, 2.24) is 10.2 Å². The van der Waals surface area contributed by atoms with Crippen molar-refractivity contribution in [2.45, 2.75) is 44.6 Å². The zero-order valence-corrected chi connectivity index (χ0v) is 14.9. The van der Waals surface area contributed by atoms with Gasteiger partial charge < -0.3 is 10.2 Å². The molecule has 1 saturated heterocycles. The number of carbonyl (C=O) groups excluding carboxylic acids is 2. The van der Waals surface area contributed by atoms with Gasteiger partial charge in [-0.2, -0.15) is 0 Å². The van der Waals surface area contributed by atoms with Gasteiger partial charge in [0, 0.05) is 31.6 Å². The molecule has 0 saturated carbocycles. The molecule has 0 aromatic heterocycles. The summed E-state index contributed by atoms with van der Waals surface area (Å²) >= 11 is 0. The smallest absolute Gasteiger partial charge is 0.253 e. The maximum absolute atomic E-state index is 12.8. The second-order valence-electron chi connectivity index (χ2n) is 6.25. The molecule has 0 unspecified atom stereocenters. The van der Waals surface area contributed by atoms with E-state index < -0.39 is 10.0 Å². The number of amides is 2. The molecule has 2 amide bonds. The monoisotopic (exact) mass is 353 g/mol. The third-order valence-electron chi connectivity index (χ3n) is 4.29. The zero-order chi connectivity index (χ0) is 18.1. The van der Waals surface area contributed by atoms with Crippen molar-refractivity contribution >= 4 is 21.8 Å². The fraction of sp³-hybridized carbons (Fsp3) is 0.500. The fourth-order valence-corrected chi connectivity index (χ4v) is 3.87. The van der Waals surface area contributed by atoms with E-state index in [1.165, 1.54) is 13.0 Å². The molecule has 0 bridgehead atoms. The molecule has 0 spiro atoms. The number of benzene rings is 1. The van der Waals surface area contributed by atoms with Gasteiger partial charge in [0.2, 0.25) is 15.9 Å². The summed E-state index contributed by atoms with van der Waals surface area (Å²) in [6.07, 6.45) is 1.60. The molecule has 3 N–H and O–H groups in total. The third kappa shape index (κ3) is 4.12. The molecule has 1 aromatic rings. The van der Waals surface area contributed by atoms with Crippen molar-refractivity contribution in [3.05, 3.63) is 28.8 Å². The Morgan fingerprint density at radius 3 is 2.54 bits per heavy atom. The fourth-order valence-electron chi connectivity index (χ4n) is 3.00. The first-order valence-corrected chi connectivity index (χ1v) is 9.34. The lowest BCUT2D eigenvalue weighted by atomic mass is 10.0. The highest BCUT2D eigenvalue weighted by Gasteiger charge is 2.26. The van der Waals surface area contributed by atoms with E-state index in [2.05, 4.69) is 5.32 Å². The number of sulfonamides is 1. The number of hydrogen-bond donors (Lipinski definition) is 2. The average molecular weight is 353 g/mol. The van der Waals surface area contributed by atoms with Crippen molar-refractivity contribution in [2.75, 3.05) is 13.1 Å². The lowest BCUT2D eigenvalue weighted by Crippen LogP contribution is -2.49. The van der Waals surface area contributed by atoms with Gasteiger partial charge >= 0.3 is 0 Å². The predicted octanol–water partition coefficient (Wildman–Crippen LogP) is 0.692. The molecule has 7 nitrogen and oxygen atoms in total. The lowest BCUT2D eigenvalue weighted by Gasteiger charge is -2.33. The van der Waals surface area contributed by atoms with Crippen LogP contribution in [-0.2, 0) is 14.8 Å². The maximum Gasteiger partial charge on any atom is 0.253 e. The summed E-state index contributed by atoms with van der Waals surface area (Å²) in [5, 5.41) is 8.08. The molecule has 1 fully saturated rings. The molecule has 1 aromatic carbocycles. The van der Waals surface area contributed by atoms with Crippen LogP contribution in [0.2, 0.25) is 0 Å². The van der Waals surface area contributed by atoms with Gasteiger partial charge in [-0.15, -0.1) is 0 Å². The van der Waals surface area contributed by atoms with Gasteiger partial charge in [-0.3, -0.25) is 9.59 Å². The highest BCUT2D eigenvalue weighted by Crippen LogP contribution is 2.22. The van der Waals surface area contributed by atoms with E-state index in [-0.39, 0.29) is 22.8 Å². The summed E-state index contributed by atoms with van der Waals surface area (Å²) in [5.41, 5.74) is 1.54. The topological polar surface area (TPSA) is 110 Å². The Balaban J connectivity index is 2.29. The standard InChI is InChI=1S/C16H23N3O4S/c1-10-7-13(8-15(11(10)2)24(17,22)23)16(21)19-6-4-5-14(9-19)18-12(3)20/h7-8,14H,4-6,9H2,1-3H3,(H,18,20)(H2,17,22,23)/t14-/m1/s1. The minimum atomic E-state index is -3.90. The number of rotatable bonds is 3. The van der Waals surface area contributed by atoms with E-state index >= 15 is 0 Å². The molecular weight excluding hydrogens is 330 g/mol. The molecule has 2 rings (SSSR count). The van der Waals surface area contributed by atoms with Crippen LogP contribution in [0.4, 0.5) is 0 Å². The molecule has 24 heavy (non-hydrogen) atoms. The molecule has 0 radical (unpaired) electrons. The van der Waals surface area contributed by atoms with Gasteiger partial charge in [-0.1, -0.05) is 0 Å². The third-order valence-corrected chi connectivity index (χ3v) is 5.33. The van der Waals surface area contributed by atoms with Crippen LogP contribution >= 0.6 is 0 Å². The van der Waals surface area contributed by atoms with E-state index in [9.17, 15) is 18.0 Å². The van der Waals surface area contributed by atoms with Crippen LogP contribution in [0.25, 0.3) is 0 Å². The highest BCUT2D eigenvalue weighted by molar-refractivity contribution is 7.89. The van der Waals surface area contributed by atoms with Crippen molar-refractivity contribution in [3.8, 4) is 0 Å². The van der Waals surface area contributed by atoms with Gasteiger partial charge in [0.1, 0.15) is 0 Å². The summed E-state index contributed by atoms with van der Waals surface area (Å²) in [6.45, 7) is 5.85. The molecular formula is C16H23N3O4S. The van der Waals surface area contributed by atoms with E-state index in [1.54, 1.807) is 24.8 Å². The molecule has 1 atom stereocenters. The molecule has 1 heterocycles. The number of primary sulfonamides is 1. The van der Waals surface area contributed by atoms with E-state index in [1.807, 2.05) is 0 Å². The lowest BCUT2D eigenvalue weighted by molar-refractivity contribution is -0.120. The van der Waals surface area contributed by atoms with Crippen molar-refractivity contribution in [2.24, 2.45) is 5.14 Å². The summed E-state index contributed by atoms with van der Waals surface area (Å²) in [6, 6.07) is 2.93. The predicted molar refractivity (Wildman–Crippen MR) is 90.0 cm³/mol. The number of carbonyl (C=O) groups is 2. The number of aryl methyl sites for hydroxylation is 1. The van der Waals surface area contributed by atoms with E-state index in [4.69, 9.17) is 5.14 Å². The van der Waals surface area contributed by atoms with Crippen LogP contribution in [0.1, 0.15) is 41.3 Å². The van der Waals surface area contributed by atoms with Crippen LogP contribution in [0.15, 0.2) is 17.0 Å². The van der Waals surface area contributed by atoms with Crippen LogP contribution in [0.5, 0.6) is 0 Å². The number of nitrogens with one attached hydrogen (secondary N) is 1. The Morgan fingerprint density at radius 1 is 1.29 bits per heavy atom. The molecule has 8 heteroatoms. The summed E-state index contributed by atoms with van der Waals surface area (Å²) in [4.78, 5) is 25.6. The Labute approximate surface area is 142 Å². The number of hydrogen-bond acceptors (Lipinski definition) is 4. The Kier molecular flexibility index (Phi) is 5.29. The first-order chi connectivity index (χ1) is 11.1. The largest absolute Gasteiger partial charge is 0.352 e. The number of likely N-dealkylation sites (tertiary alicyclic amines) is 1. The first kappa shape index (κ1) is 18.4. The summed E-state index contributed by atoms with van der Waals surface area (Å²) < 4.78 is 23.5. The quantitative estimate of drug-likeness (QED) is 0.833. The Hall–Kier alpha value is -1.93. The molecule has 1 aliphatic heterocycles. The van der Waals surface area contributed by atoms with Gasteiger partial charge in [0.25, 0.3) is 5.91 Å². The van der Waals surface area contributed by atoms with Gasteiger partial charge in [0.15, 0.2) is 0 Å². The van der Waals surface area contributed by atoms with Crippen molar-refractivity contribution in [3.63, 3.8) is 0 Å². The SMILES string of the molecule is CC(=O)N[C@@H]1CCCN(C(=O)c2cc(C)c(C)c(S(N)(=O)=O)c2)C1. The number of piperidine rings is 1. The Bertz CT molecular complexity index is 774. The molecule has 132 valence electrons. The number of nitrogens with two attached hydrogens (primary N) is 1. The highest BCUT2D eigenvalue weighted by atomic mass is 32.2. The van der Waals surface area contributed by atoms with Crippen LogP contribution < -0.4 is 10.5 Å². The normalized spacial score (nSPS) is 18.3. The van der Waals surface area contributed by atoms with Gasteiger partial charge in [-0.25, -0.2) is 13.6 Å². The second kappa shape index (κ2) is 6.90. The van der Waals surface area contributed by atoms with Crippen molar-refractivity contribution < 1.29 is 18.0 Å². The van der Waals surface area contributed by atoms with Crippen molar-refractivity contribution in [1.29, 1.82) is 0 Å². The minimum Gasteiger partial charge on any atom is -0.352 e. The van der Waals surface area contributed by atoms with E-state index in [0.29, 0.717) is 29.8 Å². The molecule has 0 aliphatic carbocycles.